The van der Waals surface area contributed by atoms with Crippen LogP contribution in [0.4, 0.5) is 4.79 Å². The summed E-state index contributed by atoms with van der Waals surface area (Å²) in [4.78, 5) is 23.2. The van der Waals surface area contributed by atoms with Crippen molar-refractivity contribution >= 4 is 6.09 Å². The van der Waals surface area contributed by atoms with Gasteiger partial charge in [-0.25, -0.2) is 9.78 Å². The number of hydrogen-bond donors (Lipinski definition) is 1. The summed E-state index contributed by atoms with van der Waals surface area (Å²) in [6.45, 7) is 9.80. The molecule has 3 aliphatic rings. The van der Waals surface area contributed by atoms with E-state index in [0.717, 1.165) is 44.8 Å². The molecule has 1 unspecified atom stereocenters. The third kappa shape index (κ3) is 6.34. The van der Waals surface area contributed by atoms with E-state index in [4.69, 9.17) is 9.47 Å². The number of hydrogen-bond acceptors (Lipinski definition) is 8. The van der Waals surface area contributed by atoms with Gasteiger partial charge in [0.25, 0.3) is 0 Å². The molecule has 4 rings (SSSR count). The Morgan fingerprint density at radius 2 is 2.11 bits per heavy atom. The Kier molecular flexibility index (Phi) is 7.93. The highest BCUT2D eigenvalue weighted by Crippen LogP contribution is 2.29. The minimum Gasteiger partial charge on any atom is -0.478 e. The third-order valence-electron chi connectivity index (χ3n) is 6.54. The normalized spacial score (nSPS) is 22.2. The molecule has 1 amide bonds. The summed E-state index contributed by atoms with van der Waals surface area (Å²) in [5.41, 5.74) is 2.85. The maximum absolute atomic E-state index is 12.6. The zero-order chi connectivity index (χ0) is 24.7. The SMILES string of the molecule is CCOc1ncccc1COC(=O)N1CCN(CC2=CNCN2CC2=CCC(C)(C#N)C=C2)CC1. The van der Waals surface area contributed by atoms with Crippen LogP contribution in [-0.2, 0) is 11.3 Å². The van der Waals surface area contributed by atoms with E-state index in [-0.39, 0.29) is 12.7 Å². The molecule has 1 aliphatic carbocycles. The van der Waals surface area contributed by atoms with Crippen molar-refractivity contribution in [3.63, 3.8) is 0 Å². The first kappa shape index (κ1) is 24.6. The Bertz CT molecular complexity index is 1040. The van der Waals surface area contributed by atoms with Gasteiger partial charge in [-0.3, -0.25) is 4.90 Å². The van der Waals surface area contributed by atoms with Crippen LogP contribution in [0.2, 0.25) is 0 Å². The predicted octanol–water partition coefficient (Wildman–Crippen LogP) is 2.85. The van der Waals surface area contributed by atoms with Crippen molar-refractivity contribution in [3.8, 4) is 11.9 Å². The molecule has 9 nitrogen and oxygen atoms in total. The van der Waals surface area contributed by atoms with E-state index >= 15 is 0 Å². The summed E-state index contributed by atoms with van der Waals surface area (Å²) in [5.74, 6) is 0.509. The lowest BCUT2D eigenvalue weighted by molar-refractivity contribution is 0.0717. The quantitative estimate of drug-likeness (QED) is 0.610. The number of aromatic nitrogens is 1. The molecule has 3 heterocycles. The number of nitrogens with one attached hydrogen (secondary N) is 1. The summed E-state index contributed by atoms with van der Waals surface area (Å²) < 4.78 is 11.0. The number of carbonyl (C=O) groups excluding carboxylic acids is 1. The van der Waals surface area contributed by atoms with Gasteiger partial charge in [0, 0.05) is 57.4 Å². The second-order valence-electron chi connectivity index (χ2n) is 9.26. The number of pyridine rings is 1. The number of amides is 1. The number of piperazine rings is 1. The molecule has 1 atom stereocenters. The van der Waals surface area contributed by atoms with Crippen LogP contribution in [0.5, 0.6) is 5.88 Å². The number of rotatable bonds is 8. The first-order chi connectivity index (χ1) is 17.0. The van der Waals surface area contributed by atoms with Crippen LogP contribution in [0, 0.1) is 16.7 Å². The Morgan fingerprint density at radius 3 is 2.83 bits per heavy atom. The lowest BCUT2D eigenvalue weighted by Gasteiger charge is -2.35. The summed E-state index contributed by atoms with van der Waals surface area (Å²) in [5, 5.41) is 12.6. The van der Waals surface area contributed by atoms with E-state index in [1.54, 1.807) is 11.1 Å². The van der Waals surface area contributed by atoms with Gasteiger partial charge in [0.1, 0.15) is 6.61 Å². The van der Waals surface area contributed by atoms with Crippen LogP contribution in [0.15, 0.2) is 54.0 Å². The molecule has 1 saturated heterocycles. The summed E-state index contributed by atoms with van der Waals surface area (Å²) in [6, 6.07) is 6.04. The molecule has 0 saturated carbocycles. The molecule has 0 aromatic carbocycles. The topological polar surface area (TPSA) is 94.0 Å². The highest BCUT2D eigenvalue weighted by molar-refractivity contribution is 5.67. The summed E-state index contributed by atoms with van der Waals surface area (Å²) >= 11 is 0. The van der Waals surface area contributed by atoms with E-state index in [1.165, 1.54) is 11.3 Å². The van der Waals surface area contributed by atoms with Crippen molar-refractivity contribution in [2.45, 2.75) is 26.9 Å². The molecule has 186 valence electrons. The molecule has 0 spiro atoms. The summed E-state index contributed by atoms with van der Waals surface area (Å²) in [6.07, 6.45) is 10.5. The first-order valence-corrected chi connectivity index (χ1v) is 12.2. The minimum atomic E-state index is -0.393. The van der Waals surface area contributed by atoms with Gasteiger partial charge >= 0.3 is 6.09 Å². The van der Waals surface area contributed by atoms with E-state index < -0.39 is 5.41 Å². The zero-order valence-corrected chi connectivity index (χ0v) is 20.6. The fraction of sp³-hybridized carbons (Fsp3) is 0.500. The van der Waals surface area contributed by atoms with Crippen molar-refractivity contribution in [2.24, 2.45) is 5.41 Å². The molecule has 1 aromatic heterocycles. The highest BCUT2D eigenvalue weighted by atomic mass is 16.6. The molecule has 0 bridgehead atoms. The second kappa shape index (κ2) is 11.3. The largest absolute Gasteiger partial charge is 0.478 e. The van der Waals surface area contributed by atoms with E-state index in [9.17, 15) is 10.1 Å². The smallest absolute Gasteiger partial charge is 0.410 e. The van der Waals surface area contributed by atoms with Crippen molar-refractivity contribution in [2.75, 3.05) is 52.5 Å². The lowest BCUT2D eigenvalue weighted by Crippen LogP contribution is -2.49. The number of allylic oxidation sites excluding steroid dienone is 2. The van der Waals surface area contributed by atoms with E-state index in [0.29, 0.717) is 25.6 Å². The average Bonchev–Trinajstić information content (AvgIpc) is 3.31. The van der Waals surface area contributed by atoms with Gasteiger partial charge in [-0.05, 0) is 38.0 Å². The molecule has 1 N–H and O–H groups in total. The third-order valence-corrected chi connectivity index (χ3v) is 6.54. The van der Waals surface area contributed by atoms with Crippen LogP contribution >= 0.6 is 0 Å². The predicted molar refractivity (Wildman–Crippen MR) is 132 cm³/mol. The molecule has 35 heavy (non-hydrogen) atoms. The monoisotopic (exact) mass is 478 g/mol. The van der Waals surface area contributed by atoms with Crippen molar-refractivity contribution in [3.05, 3.63) is 59.6 Å². The Labute approximate surface area is 207 Å². The maximum Gasteiger partial charge on any atom is 0.410 e. The molecule has 9 heteroatoms. The van der Waals surface area contributed by atoms with Gasteiger partial charge in [0.15, 0.2) is 0 Å². The van der Waals surface area contributed by atoms with Crippen molar-refractivity contribution in [1.29, 1.82) is 5.26 Å². The fourth-order valence-corrected chi connectivity index (χ4v) is 4.31. The molecule has 1 aromatic rings. The Morgan fingerprint density at radius 1 is 1.29 bits per heavy atom. The minimum absolute atomic E-state index is 0.146. The second-order valence-corrected chi connectivity index (χ2v) is 9.26. The van der Waals surface area contributed by atoms with Gasteiger partial charge in [-0.1, -0.05) is 18.2 Å². The fourth-order valence-electron chi connectivity index (χ4n) is 4.31. The molecular formula is C26H34N6O3. The molecular weight excluding hydrogens is 444 g/mol. The van der Waals surface area contributed by atoms with Gasteiger partial charge in [-0.15, -0.1) is 0 Å². The number of carbonyl (C=O) groups is 1. The van der Waals surface area contributed by atoms with Crippen LogP contribution in [0.1, 0.15) is 25.8 Å². The zero-order valence-electron chi connectivity index (χ0n) is 20.6. The van der Waals surface area contributed by atoms with Gasteiger partial charge in [0.05, 0.1) is 30.3 Å². The van der Waals surface area contributed by atoms with Crippen molar-refractivity contribution in [1.82, 2.24) is 25.0 Å². The number of ether oxygens (including phenoxy) is 2. The van der Waals surface area contributed by atoms with Gasteiger partial charge in [0.2, 0.25) is 5.88 Å². The van der Waals surface area contributed by atoms with Crippen LogP contribution in [0.3, 0.4) is 0 Å². The standard InChI is InChI=1S/C26H34N6O3/c1-3-34-24-22(5-4-10-29-24)18-35-25(33)31-13-11-30(12-14-31)17-23-15-28-20-32(23)16-21-6-8-26(2,19-27)9-7-21/h4-8,10,15,28H,3,9,11-14,16-18,20H2,1-2H3. The van der Waals surface area contributed by atoms with E-state index in [2.05, 4.69) is 44.5 Å². The van der Waals surface area contributed by atoms with Crippen molar-refractivity contribution < 1.29 is 14.3 Å². The number of nitriles is 1. The lowest BCUT2D eigenvalue weighted by atomic mass is 9.83. The first-order valence-electron chi connectivity index (χ1n) is 12.2. The number of nitrogens with zero attached hydrogens (tertiary/aromatic N) is 5. The Balaban J connectivity index is 1.21. The maximum atomic E-state index is 12.6. The van der Waals surface area contributed by atoms with Gasteiger partial charge < -0.3 is 24.6 Å². The van der Waals surface area contributed by atoms with Gasteiger partial charge in [-0.2, -0.15) is 5.26 Å². The summed E-state index contributed by atoms with van der Waals surface area (Å²) in [7, 11) is 0. The highest BCUT2D eigenvalue weighted by Gasteiger charge is 2.26. The molecule has 0 radical (unpaired) electrons. The average molecular weight is 479 g/mol. The van der Waals surface area contributed by atoms with Crippen LogP contribution in [-0.4, -0.2) is 78.3 Å². The van der Waals surface area contributed by atoms with E-state index in [1.807, 2.05) is 32.1 Å². The molecule has 1 fully saturated rings. The Hall–Kier alpha value is -3.51. The molecule has 2 aliphatic heterocycles. The van der Waals surface area contributed by atoms with Crippen LogP contribution < -0.4 is 10.1 Å². The van der Waals surface area contributed by atoms with Crippen LogP contribution in [0.25, 0.3) is 0 Å².